The molecule has 0 radical (unpaired) electrons. The first-order valence-electron chi connectivity index (χ1n) is 7.49. The molecule has 21 heavy (non-hydrogen) atoms. The Morgan fingerprint density at radius 2 is 1.81 bits per heavy atom. The van der Waals surface area contributed by atoms with Crippen molar-refractivity contribution >= 4 is 34.2 Å². The lowest BCUT2D eigenvalue weighted by Crippen LogP contribution is -2.28. The molecule has 2 heterocycles. The van der Waals surface area contributed by atoms with Crippen LogP contribution in [0.2, 0.25) is 0 Å². The van der Waals surface area contributed by atoms with Crippen LogP contribution in [-0.2, 0) is 6.54 Å². The summed E-state index contributed by atoms with van der Waals surface area (Å²) in [6, 6.07) is 14.5. The lowest BCUT2D eigenvalue weighted by molar-refractivity contribution is 0.222. The molecule has 2 nitrogen and oxygen atoms in total. The molecule has 1 N–H and O–H groups in total. The normalized spacial score (nSPS) is 15.8. The molecular formula is C17H20N2S2. The summed E-state index contributed by atoms with van der Waals surface area (Å²) in [4.78, 5) is 5.92. The third-order valence-corrected chi connectivity index (χ3v) is 5.28. The fourth-order valence-corrected chi connectivity index (χ4v) is 3.89. The maximum Gasteiger partial charge on any atom is 0.121 e. The minimum atomic E-state index is 0.816. The van der Waals surface area contributed by atoms with Gasteiger partial charge in [-0.25, -0.2) is 0 Å². The Hall–Kier alpha value is -1.23. The Kier molecular flexibility index (Phi) is 5.01. The first-order valence-corrected chi connectivity index (χ1v) is 8.71. The highest BCUT2D eigenvalue weighted by Crippen LogP contribution is 2.22. The summed E-state index contributed by atoms with van der Waals surface area (Å²) in [6.07, 6.45) is 4.07. The summed E-state index contributed by atoms with van der Waals surface area (Å²) >= 11 is 7.31. The molecule has 1 aliphatic heterocycles. The Morgan fingerprint density at radius 1 is 1.05 bits per heavy atom. The Morgan fingerprint density at radius 3 is 2.57 bits per heavy atom. The summed E-state index contributed by atoms with van der Waals surface area (Å²) < 4.78 is 0. The van der Waals surface area contributed by atoms with E-state index in [-0.39, 0.29) is 0 Å². The lowest BCUT2D eigenvalue weighted by atomic mass is 10.1. The molecule has 110 valence electrons. The van der Waals surface area contributed by atoms with Crippen LogP contribution in [0.3, 0.4) is 0 Å². The molecule has 4 heteroatoms. The van der Waals surface area contributed by atoms with E-state index in [1.807, 2.05) is 41.7 Å². The first-order chi connectivity index (χ1) is 10.3. The van der Waals surface area contributed by atoms with E-state index in [4.69, 9.17) is 12.2 Å². The van der Waals surface area contributed by atoms with Crippen LogP contribution in [0.1, 0.15) is 29.0 Å². The van der Waals surface area contributed by atoms with Crippen molar-refractivity contribution in [3.8, 4) is 0 Å². The van der Waals surface area contributed by atoms with E-state index in [9.17, 15) is 0 Å². The van der Waals surface area contributed by atoms with Gasteiger partial charge < -0.3 is 5.32 Å². The molecule has 0 spiro atoms. The van der Waals surface area contributed by atoms with Crippen molar-refractivity contribution in [1.82, 2.24) is 4.90 Å². The van der Waals surface area contributed by atoms with Gasteiger partial charge >= 0.3 is 0 Å². The van der Waals surface area contributed by atoms with E-state index in [1.54, 1.807) is 0 Å². The van der Waals surface area contributed by atoms with Gasteiger partial charge in [-0.15, -0.1) is 11.3 Å². The number of hydrogen-bond acceptors (Lipinski definition) is 3. The fraction of sp³-hybridized carbons (Fsp3) is 0.353. The average molecular weight is 316 g/mol. The molecular weight excluding hydrogens is 296 g/mol. The molecule has 0 bridgehead atoms. The number of nitrogens with zero attached hydrogens (tertiary/aromatic N) is 1. The second-order valence-corrected chi connectivity index (χ2v) is 7.00. The predicted octanol–water partition coefficient (Wildman–Crippen LogP) is 4.52. The van der Waals surface area contributed by atoms with Gasteiger partial charge in [0.05, 0.1) is 4.88 Å². The van der Waals surface area contributed by atoms with Crippen molar-refractivity contribution < 1.29 is 0 Å². The molecule has 1 aromatic heterocycles. The molecule has 1 saturated heterocycles. The third-order valence-electron chi connectivity index (χ3n) is 3.75. The van der Waals surface area contributed by atoms with E-state index in [0.717, 1.165) is 22.1 Å². The van der Waals surface area contributed by atoms with Crippen LogP contribution in [0.15, 0.2) is 42.5 Å². The molecule has 1 aromatic carbocycles. The van der Waals surface area contributed by atoms with Gasteiger partial charge in [-0.2, -0.15) is 0 Å². The van der Waals surface area contributed by atoms with Crippen LogP contribution in [0.4, 0.5) is 5.69 Å². The van der Waals surface area contributed by atoms with Crippen molar-refractivity contribution in [1.29, 1.82) is 0 Å². The largest absolute Gasteiger partial charge is 0.345 e. The molecule has 0 atom stereocenters. The number of para-hydroxylation sites is 1. The van der Waals surface area contributed by atoms with Crippen molar-refractivity contribution in [2.45, 2.75) is 25.8 Å². The van der Waals surface area contributed by atoms with Crippen molar-refractivity contribution in [3.63, 3.8) is 0 Å². The Labute approximate surface area is 135 Å². The highest BCUT2D eigenvalue weighted by Gasteiger charge is 2.12. The number of rotatable bonds is 4. The van der Waals surface area contributed by atoms with Gasteiger partial charge in [0.15, 0.2) is 0 Å². The Bertz CT molecular complexity index is 586. The lowest BCUT2D eigenvalue weighted by Gasteiger charge is -2.25. The zero-order chi connectivity index (χ0) is 14.5. The van der Waals surface area contributed by atoms with Crippen LogP contribution < -0.4 is 5.32 Å². The number of anilines is 1. The zero-order valence-corrected chi connectivity index (χ0v) is 13.7. The van der Waals surface area contributed by atoms with Crippen LogP contribution in [0.25, 0.3) is 0 Å². The van der Waals surface area contributed by atoms with Gasteiger partial charge in [-0.05, 0) is 50.2 Å². The van der Waals surface area contributed by atoms with E-state index >= 15 is 0 Å². The summed E-state index contributed by atoms with van der Waals surface area (Å²) in [7, 11) is 0. The molecule has 3 rings (SSSR count). The quantitative estimate of drug-likeness (QED) is 0.835. The van der Waals surface area contributed by atoms with Gasteiger partial charge in [0, 0.05) is 17.1 Å². The molecule has 0 amide bonds. The molecule has 0 aliphatic carbocycles. The Balaban J connectivity index is 1.60. The van der Waals surface area contributed by atoms with Gasteiger partial charge in [-0.1, -0.05) is 36.8 Å². The van der Waals surface area contributed by atoms with Gasteiger partial charge in [0.2, 0.25) is 0 Å². The third kappa shape index (κ3) is 4.13. The van der Waals surface area contributed by atoms with Crippen LogP contribution >= 0.6 is 23.6 Å². The summed E-state index contributed by atoms with van der Waals surface area (Å²) in [5.74, 6) is 0. The van der Waals surface area contributed by atoms with Crippen molar-refractivity contribution in [2.75, 3.05) is 18.4 Å². The maximum absolute atomic E-state index is 5.51. The predicted molar refractivity (Wildman–Crippen MR) is 95.2 cm³/mol. The molecule has 0 saturated carbocycles. The summed E-state index contributed by atoms with van der Waals surface area (Å²) in [5.41, 5.74) is 1.05. The smallest absolute Gasteiger partial charge is 0.121 e. The minimum absolute atomic E-state index is 0.816. The van der Waals surface area contributed by atoms with E-state index in [2.05, 4.69) is 22.3 Å². The minimum Gasteiger partial charge on any atom is -0.345 e. The number of piperidine rings is 1. The number of likely N-dealkylation sites (tertiary alicyclic amines) is 1. The number of thiophene rings is 1. The van der Waals surface area contributed by atoms with E-state index < -0.39 is 0 Å². The zero-order valence-electron chi connectivity index (χ0n) is 12.0. The second-order valence-electron chi connectivity index (χ2n) is 5.42. The summed E-state index contributed by atoms with van der Waals surface area (Å²) in [5, 5.41) is 3.30. The number of thiocarbonyl (C=S) groups is 1. The number of nitrogens with one attached hydrogen (secondary N) is 1. The van der Waals surface area contributed by atoms with E-state index in [0.29, 0.717) is 0 Å². The highest BCUT2D eigenvalue weighted by atomic mass is 32.1. The molecule has 0 unspecified atom stereocenters. The number of benzene rings is 1. The van der Waals surface area contributed by atoms with Crippen LogP contribution in [0, 0.1) is 0 Å². The van der Waals surface area contributed by atoms with Gasteiger partial charge in [0.1, 0.15) is 4.99 Å². The standard InChI is InChI=1S/C17H20N2S2/c20-17(18-14-7-3-1-4-8-14)16-10-9-15(21-16)13-19-11-5-2-6-12-19/h1,3-4,7-10H,2,5-6,11-13H2,(H,18,20). The SMILES string of the molecule is S=C(Nc1ccccc1)c1ccc(CN2CCCCC2)s1. The maximum atomic E-state index is 5.51. The first kappa shape index (κ1) is 14.7. The second kappa shape index (κ2) is 7.16. The average Bonchev–Trinajstić information content (AvgIpc) is 2.98. The number of hydrogen-bond donors (Lipinski definition) is 1. The van der Waals surface area contributed by atoms with Crippen molar-refractivity contribution in [3.05, 3.63) is 52.2 Å². The fourth-order valence-electron chi connectivity index (χ4n) is 2.64. The molecule has 1 fully saturated rings. The van der Waals surface area contributed by atoms with Gasteiger partial charge in [0.25, 0.3) is 0 Å². The van der Waals surface area contributed by atoms with Crippen LogP contribution in [0.5, 0.6) is 0 Å². The monoisotopic (exact) mass is 316 g/mol. The molecule has 2 aromatic rings. The molecule has 1 aliphatic rings. The summed E-state index contributed by atoms with van der Waals surface area (Å²) in [6.45, 7) is 3.54. The highest BCUT2D eigenvalue weighted by molar-refractivity contribution is 7.81. The van der Waals surface area contributed by atoms with Crippen LogP contribution in [-0.4, -0.2) is 23.0 Å². The topological polar surface area (TPSA) is 15.3 Å². The van der Waals surface area contributed by atoms with Gasteiger partial charge in [-0.3, -0.25) is 4.90 Å². The van der Waals surface area contributed by atoms with Crippen molar-refractivity contribution in [2.24, 2.45) is 0 Å². The van der Waals surface area contributed by atoms with E-state index in [1.165, 1.54) is 37.2 Å².